The van der Waals surface area contributed by atoms with Crippen molar-refractivity contribution < 1.29 is 17.9 Å². The van der Waals surface area contributed by atoms with Gasteiger partial charge in [0.2, 0.25) is 0 Å². The van der Waals surface area contributed by atoms with E-state index in [9.17, 15) is 13.2 Å². The number of aliphatic imine (C=N–C) groups is 1. The van der Waals surface area contributed by atoms with Crippen LogP contribution in [-0.2, 0) is 12.6 Å². The van der Waals surface area contributed by atoms with Crippen LogP contribution < -0.4 is 15.4 Å². The lowest BCUT2D eigenvalue weighted by Crippen LogP contribution is -2.42. The van der Waals surface area contributed by atoms with Gasteiger partial charge in [-0.3, -0.25) is 4.99 Å². The number of halogens is 4. The second-order valence-electron chi connectivity index (χ2n) is 6.00. The van der Waals surface area contributed by atoms with Crippen LogP contribution in [0.1, 0.15) is 23.2 Å². The molecular weight excluding hydrogens is 504 g/mol. The summed E-state index contributed by atoms with van der Waals surface area (Å²) < 4.78 is 43.4. The average molecular weight is 528 g/mol. The van der Waals surface area contributed by atoms with Crippen LogP contribution in [0, 0.1) is 6.92 Å². The van der Waals surface area contributed by atoms with E-state index in [1.165, 1.54) is 5.56 Å². The molecule has 1 aromatic heterocycles. The summed E-state index contributed by atoms with van der Waals surface area (Å²) in [6, 6.07) is 7.81. The third-order valence-electron chi connectivity index (χ3n) is 3.61. The van der Waals surface area contributed by atoms with Crippen LogP contribution in [0.5, 0.6) is 5.75 Å². The van der Waals surface area contributed by atoms with Gasteiger partial charge in [-0.15, -0.1) is 35.3 Å². The highest BCUT2D eigenvalue weighted by molar-refractivity contribution is 14.0. The lowest BCUT2D eigenvalue weighted by molar-refractivity contribution is -0.140. The lowest BCUT2D eigenvalue weighted by Gasteiger charge is -2.17. The first kappa shape index (κ1) is 24.5. The molecule has 10 heteroatoms. The number of aryl methyl sites for hydroxylation is 1. The van der Waals surface area contributed by atoms with Crippen LogP contribution in [0.2, 0.25) is 0 Å². The van der Waals surface area contributed by atoms with Gasteiger partial charge in [0.15, 0.2) is 11.7 Å². The Hall–Kier alpha value is -1.56. The van der Waals surface area contributed by atoms with Gasteiger partial charge >= 0.3 is 6.18 Å². The van der Waals surface area contributed by atoms with Crippen LogP contribution in [0.15, 0.2) is 34.6 Å². The van der Waals surface area contributed by atoms with Gasteiger partial charge in [0.25, 0.3) is 0 Å². The smallest absolute Gasteiger partial charge is 0.434 e. The first-order valence-corrected chi connectivity index (χ1v) is 9.35. The molecule has 0 bridgehead atoms. The van der Waals surface area contributed by atoms with E-state index in [4.69, 9.17) is 4.74 Å². The van der Waals surface area contributed by atoms with Gasteiger partial charge in [-0.25, -0.2) is 4.98 Å². The van der Waals surface area contributed by atoms with E-state index >= 15 is 0 Å². The number of alkyl halides is 3. The first-order valence-electron chi connectivity index (χ1n) is 8.47. The van der Waals surface area contributed by atoms with Crippen molar-refractivity contribution in [3.05, 3.63) is 45.9 Å². The molecule has 1 unspecified atom stereocenters. The highest BCUT2D eigenvalue weighted by Gasteiger charge is 2.33. The summed E-state index contributed by atoms with van der Waals surface area (Å²) >= 11 is 1.00. The minimum absolute atomic E-state index is 0. The van der Waals surface area contributed by atoms with Gasteiger partial charge < -0.3 is 15.4 Å². The molecule has 0 saturated heterocycles. The summed E-state index contributed by atoms with van der Waals surface area (Å²) in [5.41, 5.74) is 0.326. The Morgan fingerprint density at radius 3 is 2.50 bits per heavy atom. The molecule has 28 heavy (non-hydrogen) atoms. The number of hydrogen-bond acceptors (Lipinski definition) is 4. The van der Waals surface area contributed by atoms with Crippen LogP contribution >= 0.6 is 35.3 Å². The molecule has 1 heterocycles. The predicted molar refractivity (Wildman–Crippen MR) is 117 cm³/mol. The van der Waals surface area contributed by atoms with Crippen molar-refractivity contribution in [2.75, 3.05) is 20.1 Å². The molecule has 0 aliphatic rings. The number of guanidine groups is 1. The van der Waals surface area contributed by atoms with Crippen molar-refractivity contribution in [3.8, 4) is 5.75 Å². The monoisotopic (exact) mass is 528 g/mol. The number of hydrogen-bond donors (Lipinski definition) is 2. The molecule has 2 aromatic rings. The fourth-order valence-corrected chi connectivity index (χ4v) is 3.00. The van der Waals surface area contributed by atoms with Gasteiger partial charge in [-0.2, -0.15) is 13.2 Å². The van der Waals surface area contributed by atoms with Crippen LogP contribution in [0.4, 0.5) is 13.2 Å². The first-order chi connectivity index (χ1) is 12.8. The van der Waals surface area contributed by atoms with Gasteiger partial charge in [-0.1, -0.05) is 17.7 Å². The Morgan fingerprint density at radius 2 is 1.93 bits per heavy atom. The lowest BCUT2D eigenvalue weighted by atomic mass is 10.2. The Labute approximate surface area is 183 Å². The summed E-state index contributed by atoms with van der Waals surface area (Å²) in [6.45, 7) is 4.91. The average Bonchev–Trinajstić information content (AvgIpc) is 3.09. The molecule has 0 aliphatic carbocycles. The second-order valence-corrected chi connectivity index (χ2v) is 6.94. The minimum atomic E-state index is -4.40. The summed E-state index contributed by atoms with van der Waals surface area (Å²) in [4.78, 5) is 7.70. The molecule has 0 fully saturated rings. The van der Waals surface area contributed by atoms with E-state index in [1.54, 1.807) is 7.05 Å². The maximum absolute atomic E-state index is 12.5. The van der Waals surface area contributed by atoms with E-state index in [0.29, 0.717) is 30.5 Å². The number of rotatable bonds is 7. The molecule has 156 valence electrons. The second kappa shape index (κ2) is 11.4. The number of nitrogens with zero attached hydrogens (tertiary/aromatic N) is 2. The van der Waals surface area contributed by atoms with E-state index in [1.807, 2.05) is 38.1 Å². The van der Waals surface area contributed by atoms with Crippen molar-refractivity contribution in [2.24, 2.45) is 4.99 Å². The fourth-order valence-electron chi connectivity index (χ4n) is 2.20. The zero-order valence-electron chi connectivity index (χ0n) is 15.8. The van der Waals surface area contributed by atoms with Crippen molar-refractivity contribution >= 4 is 41.3 Å². The summed E-state index contributed by atoms with van der Waals surface area (Å²) in [5.74, 6) is 1.35. The molecule has 0 saturated carbocycles. The van der Waals surface area contributed by atoms with E-state index < -0.39 is 11.9 Å². The third-order valence-corrected chi connectivity index (χ3v) is 4.52. The third kappa shape index (κ3) is 8.21. The Bertz CT molecular complexity index is 750. The van der Waals surface area contributed by atoms with Crippen LogP contribution in [-0.4, -0.2) is 37.2 Å². The number of ether oxygens (including phenoxy) is 1. The highest BCUT2D eigenvalue weighted by atomic mass is 127. The van der Waals surface area contributed by atoms with Crippen molar-refractivity contribution in [3.63, 3.8) is 0 Å². The molecule has 0 radical (unpaired) electrons. The van der Waals surface area contributed by atoms with E-state index in [2.05, 4.69) is 20.6 Å². The van der Waals surface area contributed by atoms with E-state index in [-0.39, 0.29) is 30.1 Å². The van der Waals surface area contributed by atoms with E-state index in [0.717, 1.165) is 22.5 Å². The topological polar surface area (TPSA) is 58.5 Å². The number of aromatic nitrogens is 1. The summed E-state index contributed by atoms with van der Waals surface area (Å²) in [7, 11) is 1.63. The largest absolute Gasteiger partial charge is 0.489 e. The molecule has 1 atom stereocenters. The van der Waals surface area contributed by atoms with Crippen molar-refractivity contribution in [2.45, 2.75) is 32.5 Å². The molecule has 2 rings (SSSR count). The zero-order valence-corrected chi connectivity index (χ0v) is 19.0. The number of benzene rings is 1. The minimum Gasteiger partial charge on any atom is -0.489 e. The standard InChI is InChI=1S/C18H23F3N4OS.HI/c1-12-4-6-14(7-5-12)26-13(2)10-24-17(22-3)23-9-8-16-25-15(11-27-16)18(19,20)21;/h4-7,11,13H,8-10H2,1-3H3,(H2,22,23,24);1H. The molecular formula is C18H24F3IN4OS. The molecule has 2 N–H and O–H groups in total. The quantitative estimate of drug-likeness (QED) is 0.321. The molecule has 0 aliphatic heterocycles. The molecule has 5 nitrogen and oxygen atoms in total. The zero-order chi connectivity index (χ0) is 19.9. The van der Waals surface area contributed by atoms with Gasteiger partial charge in [0, 0.05) is 25.4 Å². The van der Waals surface area contributed by atoms with Crippen LogP contribution in [0.3, 0.4) is 0 Å². The summed E-state index contributed by atoms with van der Waals surface area (Å²) in [5, 5.41) is 7.66. The number of thiazole rings is 1. The maximum atomic E-state index is 12.5. The summed E-state index contributed by atoms with van der Waals surface area (Å²) in [6.07, 6.45) is -4.09. The van der Waals surface area contributed by atoms with Gasteiger partial charge in [-0.05, 0) is 26.0 Å². The molecule has 0 spiro atoms. The Morgan fingerprint density at radius 1 is 1.25 bits per heavy atom. The normalized spacial score (nSPS) is 12.9. The van der Waals surface area contributed by atoms with Crippen molar-refractivity contribution in [1.82, 2.24) is 15.6 Å². The van der Waals surface area contributed by atoms with Gasteiger partial charge in [0.05, 0.1) is 11.6 Å². The fraction of sp³-hybridized carbons (Fsp3) is 0.444. The number of nitrogens with one attached hydrogen (secondary N) is 2. The van der Waals surface area contributed by atoms with Crippen molar-refractivity contribution in [1.29, 1.82) is 0 Å². The highest BCUT2D eigenvalue weighted by Crippen LogP contribution is 2.29. The molecule has 0 amide bonds. The maximum Gasteiger partial charge on any atom is 0.434 e. The predicted octanol–water partition coefficient (Wildman–Crippen LogP) is 4.26. The Balaban J connectivity index is 0.00000392. The van der Waals surface area contributed by atoms with Crippen LogP contribution in [0.25, 0.3) is 0 Å². The van der Waals surface area contributed by atoms with Gasteiger partial charge in [0.1, 0.15) is 11.9 Å². The molecule has 1 aromatic carbocycles. The SMILES string of the molecule is CN=C(NCCc1nc(C(F)(F)F)cs1)NCC(C)Oc1ccc(C)cc1.I. The Kier molecular flexibility index (Phi) is 10.0.